The number of piperidine rings is 1. The summed E-state index contributed by atoms with van der Waals surface area (Å²) in [5.41, 5.74) is 2.32. The summed E-state index contributed by atoms with van der Waals surface area (Å²) >= 11 is 0. The number of fused-ring (bicyclic) bond motifs is 1. The van der Waals surface area contributed by atoms with Crippen LogP contribution in [-0.2, 0) is 4.79 Å². The molecule has 2 aliphatic rings. The van der Waals surface area contributed by atoms with Gasteiger partial charge in [-0.15, -0.1) is 0 Å². The molecule has 2 fully saturated rings. The third-order valence-corrected chi connectivity index (χ3v) is 5.95. The third kappa shape index (κ3) is 6.56. The molecule has 1 aromatic carbocycles. The van der Waals surface area contributed by atoms with Gasteiger partial charge in [-0.05, 0) is 43.5 Å². The standard InChI is InChI=1S/C23H23FN6O.C2HF3O2/c1-14-2-5-20(17(24)12-14)31-16-7-10-30(11-8-16)23-22(27-15-3-4-15)28-18-6-9-26-19(13-25)21(18)29-23;3-2(4,5)1(6)7/h2,5-6,9,12,15-16H,3-4,7-8,10-11H2,1H3,(H,27,28);(H,6,7). The van der Waals surface area contributed by atoms with E-state index in [0.717, 1.165) is 42.9 Å². The summed E-state index contributed by atoms with van der Waals surface area (Å²) in [6, 6.07) is 9.35. The fourth-order valence-electron chi connectivity index (χ4n) is 3.86. The van der Waals surface area contributed by atoms with Crippen LogP contribution in [0.3, 0.4) is 0 Å². The Hall–Kier alpha value is -4.21. The molecule has 0 amide bonds. The molecule has 2 N–H and O–H groups in total. The first-order valence-electron chi connectivity index (χ1n) is 11.9. The maximum Gasteiger partial charge on any atom is 0.490 e. The number of pyridine rings is 1. The molecule has 1 aliphatic heterocycles. The van der Waals surface area contributed by atoms with Gasteiger partial charge in [0.2, 0.25) is 0 Å². The van der Waals surface area contributed by atoms with Crippen LogP contribution in [0.15, 0.2) is 30.5 Å². The summed E-state index contributed by atoms with van der Waals surface area (Å²) in [6.07, 6.45) is 0.178. The average molecular weight is 532 g/mol. The summed E-state index contributed by atoms with van der Waals surface area (Å²) in [6.45, 7) is 3.27. The lowest BCUT2D eigenvalue weighted by Gasteiger charge is -2.33. The lowest BCUT2D eigenvalue weighted by atomic mass is 10.1. The summed E-state index contributed by atoms with van der Waals surface area (Å²) in [5, 5.41) is 20.0. The van der Waals surface area contributed by atoms with Crippen molar-refractivity contribution in [2.75, 3.05) is 23.3 Å². The van der Waals surface area contributed by atoms with Gasteiger partial charge in [-0.25, -0.2) is 24.1 Å². The van der Waals surface area contributed by atoms with Crippen LogP contribution >= 0.6 is 0 Å². The second-order valence-corrected chi connectivity index (χ2v) is 8.99. The summed E-state index contributed by atoms with van der Waals surface area (Å²) in [7, 11) is 0. The molecule has 0 bridgehead atoms. The van der Waals surface area contributed by atoms with E-state index >= 15 is 0 Å². The number of benzene rings is 1. The normalized spacial score (nSPS) is 15.8. The fourth-order valence-corrected chi connectivity index (χ4v) is 3.86. The van der Waals surface area contributed by atoms with Crippen molar-refractivity contribution in [2.24, 2.45) is 0 Å². The lowest BCUT2D eigenvalue weighted by Crippen LogP contribution is -2.39. The first-order chi connectivity index (χ1) is 18.0. The Morgan fingerprint density at radius 1 is 1.18 bits per heavy atom. The smallest absolute Gasteiger partial charge is 0.487 e. The van der Waals surface area contributed by atoms with E-state index in [9.17, 15) is 22.8 Å². The van der Waals surface area contributed by atoms with Crippen LogP contribution in [0.2, 0.25) is 0 Å². The van der Waals surface area contributed by atoms with Crippen molar-refractivity contribution in [1.29, 1.82) is 5.26 Å². The molecule has 5 rings (SSSR count). The highest BCUT2D eigenvalue weighted by atomic mass is 19.4. The van der Waals surface area contributed by atoms with Crippen LogP contribution < -0.4 is 15.0 Å². The van der Waals surface area contributed by atoms with Gasteiger partial charge in [0.15, 0.2) is 28.9 Å². The number of alkyl halides is 3. The highest BCUT2D eigenvalue weighted by Gasteiger charge is 2.38. The van der Waals surface area contributed by atoms with Crippen LogP contribution in [0.5, 0.6) is 5.75 Å². The highest BCUT2D eigenvalue weighted by molar-refractivity contribution is 5.84. The SMILES string of the molecule is Cc1ccc(OC2CCN(c3nc4c(C#N)nccc4nc3NC3CC3)CC2)c(F)c1.O=C(O)C(F)(F)F. The molecule has 13 heteroatoms. The van der Waals surface area contributed by atoms with Crippen LogP contribution in [0.1, 0.15) is 36.9 Å². The minimum atomic E-state index is -5.08. The predicted octanol–water partition coefficient (Wildman–Crippen LogP) is 4.60. The molecule has 9 nitrogen and oxygen atoms in total. The lowest BCUT2D eigenvalue weighted by molar-refractivity contribution is -0.192. The zero-order chi connectivity index (χ0) is 27.4. The van der Waals surface area contributed by atoms with Gasteiger partial charge in [0.05, 0.1) is 5.52 Å². The number of carboxylic acids is 1. The molecule has 0 spiro atoms. The number of rotatable bonds is 5. The molecule has 0 atom stereocenters. The first kappa shape index (κ1) is 26.8. The Labute approximate surface area is 215 Å². The maximum atomic E-state index is 14.2. The fraction of sp³-hybridized carbons (Fsp3) is 0.400. The Morgan fingerprint density at radius 2 is 1.87 bits per heavy atom. The molecule has 3 heterocycles. The van der Waals surface area contributed by atoms with E-state index in [1.807, 2.05) is 13.0 Å². The second-order valence-electron chi connectivity index (χ2n) is 8.99. The van der Waals surface area contributed by atoms with Crippen molar-refractivity contribution < 1.29 is 32.2 Å². The number of carboxylic acid groups (broad SMARTS) is 1. The Balaban J connectivity index is 0.000000426. The molecular formula is C25H24F4N6O3. The van der Waals surface area contributed by atoms with Crippen molar-refractivity contribution in [1.82, 2.24) is 15.0 Å². The van der Waals surface area contributed by atoms with Crippen LogP contribution in [-0.4, -0.2) is 57.4 Å². The maximum absolute atomic E-state index is 14.2. The van der Waals surface area contributed by atoms with Gasteiger partial charge >= 0.3 is 12.1 Å². The third-order valence-electron chi connectivity index (χ3n) is 5.95. The van der Waals surface area contributed by atoms with Gasteiger partial charge in [0, 0.05) is 38.2 Å². The molecule has 0 radical (unpaired) electrons. The quantitative estimate of drug-likeness (QED) is 0.454. The van der Waals surface area contributed by atoms with Gasteiger partial charge in [-0.3, -0.25) is 0 Å². The molecule has 38 heavy (non-hydrogen) atoms. The van der Waals surface area contributed by atoms with Crippen molar-refractivity contribution in [3.63, 3.8) is 0 Å². The molecule has 3 aromatic rings. The summed E-state index contributed by atoms with van der Waals surface area (Å²) < 4.78 is 51.8. The molecular weight excluding hydrogens is 508 g/mol. The number of carbonyl (C=O) groups is 1. The van der Waals surface area contributed by atoms with Crippen molar-refractivity contribution in [3.05, 3.63) is 47.5 Å². The number of hydrogen-bond acceptors (Lipinski definition) is 8. The zero-order valence-electron chi connectivity index (χ0n) is 20.3. The highest BCUT2D eigenvalue weighted by Crippen LogP contribution is 2.33. The van der Waals surface area contributed by atoms with Crippen molar-refractivity contribution in [3.8, 4) is 11.8 Å². The zero-order valence-corrected chi connectivity index (χ0v) is 20.3. The van der Waals surface area contributed by atoms with Gasteiger partial charge < -0.3 is 20.1 Å². The Bertz CT molecular complexity index is 1370. The van der Waals surface area contributed by atoms with Crippen molar-refractivity contribution in [2.45, 2.75) is 50.9 Å². The Morgan fingerprint density at radius 3 is 2.45 bits per heavy atom. The Kier molecular flexibility index (Phi) is 7.80. The number of nitrogens with one attached hydrogen (secondary N) is 1. The molecule has 1 saturated heterocycles. The van der Waals surface area contributed by atoms with E-state index in [1.165, 1.54) is 6.07 Å². The monoisotopic (exact) mass is 532 g/mol. The minimum Gasteiger partial charge on any atom is -0.487 e. The number of aryl methyl sites for hydroxylation is 1. The van der Waals surface area contributed by atoms with Gasteiger partial charge in [-0.1, -0.05) is 6.07 Å². The predicted molar refractivity (Wildman–Crippen MR) is 129 cm³/mol. The number of aliphatic carboxylic acids is 1. The van der Waals surface area contributed by atoms with Crippen LogP contribution in [0.25, 0.3) is 11.0 Å². The van der Waals surface area contributed by atoms with Gasteiger partial charge in [0.1, 0.15) is 17.7 Å². The number of nitrogens with zero attached hydrogens (tertiary/aromatic N) is 5. The van der Waals surface area contributed by atoms with Crippen molar-refractivity contribution >= 4 is 28.6 Å². The van der Waals surface area contributed by atoms with E-state index in [1.54, 1.807) is 18.3 Å². The number of hydrogen-bond donors (Lipinski definition) is 2. The topological polar surface area (TPSA) is 124 Å². The van der Waals surface area contributed by atoms with E-state index < -0.39 is 12.1 Å². The number of aromatic nitrogens is 3. The van der Waals surface area contributed by atoms with E-state index in [2.05, 4.69) is 21.3 Å². The molecule has 1 aliphatic carbocycles. The molecule has 0 unspecified atom stereocenters. The molecule has 1 saturated carbocycles. The summed E-state index contributed by atoms with van der Waals surface area (Å²) in [4.78, 5) is 24.7. The molecule has 200 valence electrons. The van der Waals surface area contributed by atoms with Gasteiger partial charge in [-0.2, -0.15) is 18.4 Å². The number of anilines is 2. The van der Waals surface area contributed by atoms with Crippen LogP contribution in [0.4, 0.5) is 29.2 Å². The average Bonchev–Trinajstić information content (AvgIpc) is 3.69. The first-order valence-corrected chi connectivity index (χ1v) is 11.9. The minimum absolute atomic E-state index is 0.0574. The van der Waals surface area contributed by atoms with Crippen LogP contribution in [0, 0.1) is 24.1 Å². The molecule has 2 aromatic heterocycles. The number of nitriles is 1. The van der Waals surface area contributed by atoms with E-state index in [-0.39, 0.29) is 17.6 Å². The van der Waals surface area contributed by atoms with E-state index in [0.29, 0.717) is 35.9 Å². The second kappa shape index (κ2) is 11.0. The number of ether oxygens (including phenoxy) is 1. The van der Waals surface area contributed by atoms with Gasteiger partial charge in [0.25, 0.3) is 0 Å². The summed E-state index contributed by atoms with van der Waals surface area (Å²) in [5.74, 6) is -1.30. The largest absolute Gasteiger partial charge is 0.490 e. The number of halogens is 4. The van der Waals surface area contributed by atoms with E-state index in [4.69, 9.17) is 24.6 Å².